The van der Waals surface area contributed by atoms with E-state index >= 15 is 0 Å². The minimum atomic E-state index is -0.450. The summed E-state index contributed by atoms with van der Waals surface area (Å²) < 4.78 is 0. The standard InChI is InChI=1S/C22H20N2O2/c1-16-7-5-6-10-20(16)22(23)24-26-21(25)15-17-11-13-19(14-12-17)18-8-3-2-4-9-18/h2-14H,15H2,1H3,(H2,23,24). The molecule has 0 aliphatic heterocycles. The fourth-order valence-corrected chi connectivity index (χ4v) is 2.65. The highest BCUT2D eigenvalue weighted by molar-refractivity contribution is 5.98. The van der Waals surface area contributed by atoms with Crippen LogP contribution in [0.15, 0.2) is 84.0 Å². The van der Waals surface area contributed by atoms with Crippen LogP contribution in [0.5, 0.6) is 0 Å². The fourth-order valence-electron chi connectivity index (χ4n) is 2.65. The number of rotatable bonds is 5. The van der Waals surface area contributed by atoms with Crippen LogP contribution in [-0.4, -0.2) is 11.8 Å². The third-order valence-electron chi connectivity index (χ3n) is 4.08. The van der Waals surface area contributed by atoms with Gasteiger partial charge in [0.2, 0.25) is 0 Å². The van der Waals surface area contributed by atoms with Crippen LogP contribution in [0.3, 0.4) is 0 Å². The molecule has 0 bridgehead atoms. The summed E-state index contributed by atoms with van der Waals surface area (Å²) in [6.07, 6.45) is 0.139. The van der Waals surface area contributed by atoms with Crippen LogP contribution in [0.4, 0.5) is 0 Å². The minimum absolute atomic E-state index is 0.139. The molecule has 26 heavy (non-hydrogen) atoms. The SMILES string of the molecule is Cc1ccccc1C(N)=NOC(=O)Cc1ccc(-c2ccccc2)cc1. The van der Waals surface area contributed by atoms with Crippen molar-refractivity contribution in [2.75, 3.05) is 0 Å². The average Bonchev–Trinajstić information content (AvgIpc) is 2.68. The number of carbonyl (C=O) groups is 1. The van der Waals surface area contributed by atoms with Gasteiger partial charge in [-0.3, -0.25) is 0 Å². The number of amidine groups is 1. The molecule has 4 nitrogen and oxygen atoms in total. The van der Waals surface area contributed by atoms with Crippen LogP contribution in [0.2, 0.25) is 0 Å². The lowest BCUT2D eigenvalue weighted by atomic mass is 10.0. The van der Waals surface area contributed by atoms with Crippen molar-refractivity contribution in [2.24, 2.45) is 10.9 Å². The third kappa shape index (κ3) is 4.36. The van der Waals surface area contributed by atoms with Crippen LogP contribution in [0.1, 0.15) is 16.7 Å². The Balaban J connectivity index is 1.61. The summed E-state index contributed by atoms with van der Waals surface area (Å²) in [6.45, 7) is 1.92. The first-order valence-corrected chi connectivity index (χ1v) is 8.37. The molecule has 0 saturated heterocycles. The number of aryl methyl sites for hydroxylation is 1. The van der Waals surface area contributed by atoms with Crippen LogP contribution < -0.4 is 5.73 Å². The van der Waals surface area contributed by atoms with Gasteiger partial charge in [0.05, 0.1) is 6.42 Å². The Bertz CT molecular complexity index is 916. The number of oxime groups is 1. The van der Waals surface area contributed by atoms with E-state index in [9.17, 15) is 4.79 Å². The highest BCUT2D eigenvalue weighted by atomic mass is 16.7. The van der Waals surface area contributed by atoms with Gasteiger partial charge in [-0.2, -0.15) is 0 Å². The molecule has 2 N–H and O–H groups in total. The maximum atomic E-state index is 12.0. The van der Waals surface area contributed by atoms with E-state index in [0.717, 1.165) is 27.8 Å². The van der Waals surface area contributed by atoms with Crippen molar-refractivity contribution >= 4 is 11.8 Å². The molecule has 3 aromatic rings. The molecule has 0 fully saturated rings. The molecule has 0 aliphatic rings. The van der Waals surface area contributed by atoms with E-state index in [4.69, 9.17) is 10.6 Å². The van der Waals surface area contributed by atoms with E-state index < -0.39 is 5.97 Å². The van der Waals surface area contributed by atoms with E-state index in [1.807, 2.05) is 85.8 Å². The second-order valence-corrected chi connectivity index (χ2v) is 5.99. The zero-order valence-electron chi connectivity index (χ0n) is 14.6. The summed E-state index contributed by atoms with van der Waals surface area (Å²) in [5, 5.41) is 3.76. The van der Waals surface area contributed by atoms with Crippen LogP contribution in [-0.2, 0) is 16.1 Å². The molecule has 0 heterocycles. The normalized spacial score (nSPS) is 11.2. The predicted molar refractivity (Wildman–Crippen MR) is 104 cm³/mol. The second kappa shape index (κ2) is 8.12. The smallest absolute Gasteiger partial charge is 0.339 e. The Morgan fingerprint density at radius 3 is 2.19 bits per heavy atom. The molecule has 0 aliphatic carbocycles. The number of benzene rings is 3. The van der Waals surface area contributed by atoms with Crippen molar-refractivity contribution in [3.63, 3.8) is 0 Å². The Kier molecular flexibility index (Phi) is 5.44. The maximum absolute atomic E-state index is 12.0. The number of nitrogens with zero attached hydrogens (tertiary/aromatic N) is 1. The number of nitrogens with two attached hydrogens (primary N) is 1. The Hall–Kier alpha value is -3.40. The van der Waals surface area contributed by atoms with Gasteiger partial charge in [0, 0.05) is 5.56 Å². The molecule has 3 rings (SSSR count). The van der Waals surface area contributed by atoms with Crippen molar-refractivity contribution < 1.29 is 9.63 Å². The van der Waals surface area contributed by atoms with Crippen molar-refractivity contribution in [1.82, 2.24) is 0 Å². The summed E-state index contributed by atoms with van der Waals surface area (Å²) in [6, 6.07) is 25.4. The van der Waals surface area contributed by atoms with Gasteiger partial charge in [-0.1, -0.05) is 84.0 Å². The second-order valence-electron chi connectivity index (χ2n) is 5.99. The first-order valence-electron chi connectivity index (χ1n) is 8.37. The van der Waals surface area contributed by atoms with Gasteiger partial charge in [-0.25, -0.2) is 4.79 Å². The number of hydrogen-bond acceptors (Lipinski definition) is 3. The molecular weight excluding hydrogens is 324 g/mol. The number of hydrogen-bond donors (Lipinski definition) is 1. The van der Waals surface area contributed by atoms with Gasteiger partial charge in [0.15, 0.2) is 5.84 Å². The van der Waals surface area contributed by atoms with Crippen LogP contribution in [0, 0.1) is 6.92 Å². The molecule has 0 spiro atoms. The van der Waals surface area contributed by atoms with Crippen molar-refractivity contribution in [3.05, 3.63) is 95.6 Å². The average molecular weight is 344 g/mol. The molecule has 0 amide bonds. The zero-order valence-corrected chi connectivity index (χ0v) is 14.6. The summed E-state index contributed by atoms with van der Waals surface area (Å²) in [5.74, 6) is -0.259. The summed E-state index contributed by atoms with van der Waals surface area (Å²) >= 11 is 0. The van der Waals surface area contributed by atoms with Gasteiger partial charge in [-0.15, -0.1) is 0 Å². The summed E-state index contributed by atoms with van der Waals surface area (Å²) in [5.41, 5.74) is 10.7. The predicted octanol–water partition coefficient (Wildman–Crippen LogP) is 4.07. The molecule has 3 aromatic carbocycles. The maximum Gasteiger partial charge on any atom is 0.339 e. The zero-order chi connectivity index (χ0) is 18.4. The molecule has 0 saturated carbocycles. The monoisotopic (exact) mass is 344 g/mol. The highest BCUT2D eigenvalue weighted by Gasteiger charge is 2.08. The van der Waals surface area contributed by atoms with Gasteiger partial charge >= 0.3 is 5.97 Å². The lowest BCUT2D eigenvalue weighted by Gasteiger charge is -2.05. The molecule has 0 aromatic heterocycles. The largest absolute Gasteiger partial charge is 0.380 e. The third-order valence-corrected chi connectivity index (χ3v) is 4.08. The van der Waals surface area contributed by atoms with Crippen LogP contribution >= 0.6 is 0 Å². The summed E-state index contributed by atoms with van der Waals surface area (Å²) in [7, 11) is 0. The van der Waals surface area contributed by atoms with E-state index in [-0.39, 0.29) is 12.3 Å². The van der Waals surface area contributed by atoms with E-state index in [1.165, 1.54) is 0 Å². The lowest BCUT2D eigenvalue weighted by molar-refractivity contribution is -0.142. The first-order chi connectivity index (χ1) is 12.6. The summed E-state index contributed by atoms with van der Waals surface area (Å²) in [4.78, 5) is 17.0. The van der Waals surface area contributed by atoms with E-state index in [1.54, 1.807) is 0 Å². The van der Waals surface area contributed by atoms with Crippen molar-refractivity contribution in [1.29, 1.82) is 0 Å². The lowest BCUT2D eigenvalue weighted by Crippen LogP contribution is -2.17. The van der Waals surface area contributed by atoms with Crippen LogP contribution in [0.25, 0.3) is 11.1 Å². The van der Waals surface area contributed by atoms with Crippen molar-refractivity contribution in [2.45, 2.75) is 13.3 Å². The van der Waals surface area contributed by atoms with Gasteiger partial charge < -0.3 is 10.6 Å². The first kappa shape index (κ1) is 17.4. The minimum Gasteiger partial charge on any atom is -0.380 e. The quantitative estimate of drug-likeness (QED) is 0.328. The molecule has 0 atom stereocenters. The topological polar surface area (TPSA) is 64.7 Å². The highest BCUT2D eigenvalue weighted by Crippen LogP contribution is 2.19. The fraction of sp³-hybridized carbons (Fsp3) is 0.0909. The van der Waals surface area contributed by atoms with Gasteiger partial charge in [-0.05, 0) is 29.2 Å². The Morgan fingerprint density at radius 1 is 0.885 bits per heavy atom. The van der Waals surface area contributed by atoms with Gasteiger partial charge in [0.1, 0.15) is 0 Å². The molecule has 130 valence electrons. The van der Waals surface area contributed by atoms with E-state index in [2.05, 4.69) is 5.16 Å². The Morgan fingerprint density at radius 2 is 1.50 bits per heavy atom. The van der Waals surface area contributed by atoms with Gasteiger partial charge in [0.25, 0.3) is 0 Å². The number of carbonyl (C=O) groups excluding carboxylic acids is 1. The molecule has 0 radical (unpaired) electrons. The van der Waals surface area contributed by atoms with Crippen molar-refractivity contribution in [3.8, 4) is 11.1 Å². The van der Waals surface area contributed by atoms with E-state index in [0.29, 0.717) is 0 Å². The molecular formula is C22H20N2O2. The Labute approximate surface area is 152 Å². The molecule has 4 heteroatoms. The molecule has 0 unspecified atom stereocenters.